The number of nitro benzene ring substituents is 2. The lowest BCUT2D eigenvalue weighted by atomic mass is 10.0. The van der Waals surface area contributed by atoms with E-state index in [0.29, 0.717) is 5.56 Å². The van der Waals surface area contributed by atoms with Crippen molar-refractivity contribution >= 4 is 23.3 Å². The van der Waals surface area contributed by atoms with Crippen molar-refractivity contribution in [2.24, 2.45) is 0 Å². The molecule has 11 nitrogen and oxygen atoms in total. The number of amides is 1. The van der Waals surface area contributed by atoms with E-state index in [-0.39, 0.29) is 12.2 Å². The van der Waals surface area contributed by atoms with Gasteiger partial charge in [0.25, 0.3) is 5.91 Å². The molecule has 2 rings (SSSR count). The van der Waals surface area contributed by atoms with E-state index in [1.165, 1.54) is 24.3 Å². The first-order chi connectivity index (χ1) is 12.7. The molecule has 1 unspecified atom stereocenters. The molecule has 2 aromatic rings. The molecular formula is C16H13N3O8. The van der Waals surface area contributed by atoms with Gasteiger partial charge < -0.3 is 15.5 Å². The minimum absolute atomic E-state index is 0.0260. The zero-order chi connectivity index (χ0) is 20.1. The van der Waals surface area contributed by atoms with Crippen molar-refractivity contribution < 1.29 is 29.6 Å². The van der Waals surface area contributed by atoms with Gasteiger partial charge in [0.05, 0.1) is 9.85 Å². The highest BCUT2D eigenvalue weighted by Crippen LogP contribution is 2.30. The number of phenols is 1. The first-order valence-electron chi connectivity index (χ1n) is 7.44. The van der Waals surface area contributed by atoms with Crippen LogP contribution in [0.1, 0.15) is 15.9 Å². The first-order valence-corrected chi connectivity index (χ1v) is 7.44. The van der Waals surface area contributed by atoms with Crippen LogP contribution >= 0.6 is 0 Å². The van der Waals surface area contributed by atoms with Crippen molar-refractivity contribution in [3.8, 4) is 5.75 Å². The minimum atomic E-state index is -1.44. The summed E-state index contributed by atoms with van der Waals surface area (Å²) in [7, 11) is 0. The fraction of sp³-hybridized carbons (Fsp3) is 0.125. The largest absolute Gasteiger partial charge is 0.508 e. The number of carbonyl (C=O) groups excluding carboxylic acids is 1. The lowest BCUT2D eigenvalue weighted by Crippen LogP contribution is -2.42. The molecule has 0 radical (unpaired) electrons. The van der Waals surface area contributed by atoms with Crippen molar-refractivity contribution in [1.29, 1.82) is 0 Å². The number of carbonyl (C=O) groups is 2. The van der Waals surface area contributed by atoms with E-state index < -0.39 is 44.7 Å². The van der Waals surface area contributed by atoms with E-state index in [1.807, 2.05) is 0 Å². The first kappa shape index (κ1) is 19.3. The fourth-order valence-electron chi connectivity index (χ4n) is 2.36. The Morgan fingerprint density at radius 1 is 1.04 bits per heavy atom. The Labute approximate surface area is 151 Å². The number of aromatic hydroxyl groups is 1. The van der Waals surface area contributed by atoms with Crippen LogP contribution in [0.3, 0.4) is 0 Å². The van der Waals surface area contributed by atoms with Crippen molar-refractivity contribution in [3.05, 3.63) is 73.8 Å². The van der Waals surface area contributed by atoms with Crippen molar-refractivity contribution in [2.45, 2.75) is 12.5 Å². The zero-order valence-corrected chi connectivity index (χ0v) is 13.6. The molecule has 0 aliphatic heterocycles. The summed E-state index contributed by atoms with van der Waals surface area (Å²) in [6, 6.07) is 7.10. The van der Waals surface area contributed by atoms with Crippen molar-refractivity contribution in [3.63, 3.8) is 0 Å². The molecule has 0 aliphatic carbocycles. The number of para-hydroxylation sites is 1. The van der Waals surface area contributed by atoms with Crippen LogP contribution in [0.5, 0.6) is 5.75 Å². The molecule has 27 heavy (non-hydrogen) atoms. The maximum atomic E-state index is 12.4. The van der Waals surface area contributed by atoms with Crippen LogP contribution in [0.15, 0.2) is 42.5 Å². The highest BCUT2D eigenvalue weighted by molar-refractivity contribution is 6.01. The van der Waals surface area contributed by atoms with Crippen LogP contribution in [0.4, 0.5) is 11.4 Å². The molecule has 0 aliphatic rings. The Balaban J connectivity index is 2.32. The van der Waals surface area contributed by atoms with Crippen LogP contribution in [-0.2, 0) is 11.2 Å². The summed E-state index contributed by atoms with van der Waals surface area (Å²) in [5, 5.41) is 42.8. The molecule has 3 N–H and O–H groups in total. The normalized spacial score (nSPS) is 11.4. The quantitative estimate of drug-likeness (QED) is 0.483. The van der Waals surface area contributed by atoms with Gasteiger partial charge in [-0.05, 0) is 23.8 Å². The molecule has 140 valence electrons. The Bertz CT molecular complexity index is 910. The van der Waals surface area contributed by atoms with Gasteiger partial charge in [-0.25, -0.2) is 4.79 Å². The van der Waals surface area contributed by atoms with Crippen LogP contribution < -0.4 is 5.32 Å². The number of phenolic OH excluding ortho intramolecular Hbond substituents is 1. The lowest BCUT2D eigenvalue weighted by Gasteiger charge is -2.15. The van der Waals surface area contributed by atoms with Crippen LogP contribution in [0, 0.1) is 20.2 Å². The number of carboxylic acid groups (broad SMARTS) is 1. The Morgan fingerprint density at radius 3 is 2.19 bits per heavy atom. The SMILES string of the molecule is O=C(NC(Cc1ccc(O)cc1)C(=O)O)c1cccc([N+](=O)[O-])c1[N+](=O)[O-]. The number of nitro groups is 2. The smallest absolute Gasteiger partial charge is 0.358 e. The van der Waals surface area contributed by atoms with Gasteiger partial charge in [-0.3, -0.25) is 25.0 Å². The molecule has 11 heteroatoms. The minimum Gasteiger partial charge on any atom is -0.508 e. The average Bonchev–Trinajstić information content (AvgIpc) is 2.61. The Kier molecular flexibility index (Phi) is 5.65. The summed E-state index contributed by atoms with van der Waals surface area (Å²) >= 11 is 0. The summed E-state index contributed by atoms with van der Waals surface area (Å²) in [5.41, 5.74) is -2.04. The van der Waals surface area contributed by atoms with Crippen molar-refractivity contribution in [2.75, 3.05) is 0 Å². The molecule has 0 spiro atoms. The van der Waals surface area contributed by atoms with E-state index in [0.717, 1.165) is 18.2 Å². The lowest BCUT2D eigenvalue weighted by molar-refractivity contribution is -0.422. The maximum Gasteiger partial charge on any atom is 0.358 e. The molecule has 0 aromatic heterocycles. The number of benzene rings is 2. The van der Waals surface area contributed by atoms with E-state index in [9.17, 15) is 40.0 Å². The summed E-state index contributed by atoms with van der Waals surface area (Å²) in [6.45, 7) is 0. The second-order valence-corrected chi connectivity index (χ2v) is 5.42. The zero-order valence-electron chi connectivity index (χ0n) is 13.6. The average molecular weight is 375 g/mol. The number of hydrogen-bond acceptors (Lipinski definition) is 7. The Hall–Kier alpha value is -4.02. The van der Waals surface area contributed by atoms with Gasteiger partial charge in [0.2, 0.25) is 0 Å². The van der Waals surface area contributed by atoms with Crippen molar-refractivity contribution in [1.82, 2.24) is 5.32 Å². The summed E-state index contributed by atoms with van der Waals surface area (Å²) in [4.78, 5) is 43.9. The van der Waals surface area contributed by atoms with Crippen LogP contribution in [0.2, 0.25) is 0 Å². The third-order valence-corrected chi connectivity index (χ3v) is 3.62. The number of nitrogens with one attached hydrogen (secondary N) is 1. The third kappa shape index (κ3) is 4.54. The van der Waals surface area contributed by atoms with Crippen LogP contribution in [0.25, 0.3) is 0 Å². The summed E-state index contributed by atoms with van der Waals surface area (Å²) < 4.78 is 0. The summed E-state index contributed by atoms with van der Waals surface area (Å²) in [6.07, 6.45) is -0.163. The summed E-state index contributed by atoms with van der Waals surface area (Å²) in [5.74, 6) is -2.55. The Morgan fingerprint density at radius 2 is 1.67 bits per heavy atom. The number of hydrogen-bond donors (Lipinski definition) is 3. The maximum absolute atomic E-state index is 12.4. The predicted octanol–water partition coefficient (Wildman–Crippen LogP) is 1.63. The number of rotatable bonds is 7. The molecule has 1 atom stereocenters. The van der Waals surface area contributed by atoms with Gasteiger partial charge in [-0.2, -0.15) is 0 Å². The molecule has 0 saturated heterocycles. The predicted molar refractivity (Wildman–Crippen MR) is 90.5 cm³/mol. The van der Waals surface area contributed by atoms with Gasteiger partial charge in [0, 0.05) is 12.5 Å². The van der Waals surface area contributed by atoms with Gasteiger partial charge in [-0.1, -0.05) is 18.2 Å². The topological polar surface area (TPSA) is 173 Å². The van der Waals surface area contributed by atoms with Gasteiger partial charge in [0.1, 0.15) is 17.4 Å². The number of nitrogens with zero attached hydrogens (tertiary/aromatic N) is 2. The monoisotopic (exact) mass is 375 g/mol. The number of aliphatic carboxylic acids is 1. The van der Waals surface area contributed by atoms with Gasteiger partial charge in [-0.15, -0.1) is 0 Å². The fourth-order valence-corrected chi connectivity index (χ4v) is 2.36. The third-order valence-electron chi connectivity index (χ3n) is 3.62. The molecule has 0 fully saturated rings. The van der Waals surface area contributed by atoms with E-state index in [1.54, 1.807) is 0 Å². The molecule has 1 amide bonds. The van der Waals surface area contributed by atoms with E-state index in [2.05, 4.69) is 5.32 Å². The molecule has 0 heterocycles. The molecule has 2 aromatic carbocycles. The van der Waals surface area contributed by atoms with E-state index >= 15 is 0 Å². The second-order valence-electron chi connectivity index (χ2n) is 5.42. The molecule has 0 bridgehead atoms. The highest BCUT2D eigenvalue weighted by Gasteiger charge is 2.33. The van der Waals surface area contributed by atoms with Gasteiger partial charge in [0.15, 0.2) is 0 Å². The molecule has 0 saturated carbocycles. The second kappa shape index (κ2) is 7.91. The van der Waals surface area contributed by atoms with Gasteiger partial charge >= 0.3 is 17.3 Å². The molecular weight excluding hydrogens is 362 g/mol. The standard InChI is InChI=1S/C16H13N3O8/c20-10-6-4-9(5-7-10)8-12(16(22)23)17-15(21)11-2-1-3-13(18(24)25)14(11)19(26)27/h1-7,12,20H,8H2,(H,17,21)(H,22,23). The highest BCUT2D eigenvalue weighted by atomic mass is 16.6. The number of carboxylic acids is 1. The van der Waals surface area contributed by atoms with Crippen LogP contribution in [-0.4, -0.2) is 38.0 Å². The van der Waals surface area contributed by atoms with E-state index in [4.69, 9.17) is 0 Å².